The average molecular weight is 524 g/mol. The first-order valence-corrected chi connectivity index (χ1v) is 12.8. The average Bonchev–Trinajstić information content (AvgIpc) is 2.81. The lowest BCUT2D eigenvalue weighted by Gasteiger charge is -2.14. The second-order valence-corrected chi connectivity index (χ2v) is 10.2. The maximum Gasteiger partial charge on any atom is 0.416 e. The number of amides is 1. The third kappa shape index (κ3) is 6.11. The molecule has 0 aliphatic heterocycles. The molecule has 8 nitrogen and oxygen atoms in total. The van der Waals surface area contributed by atoms with Crippen molar-refractivity contribution in [2.75, 3.05) is 6.26 Å². The molecule has 1 N–H and O–H groups in total. The second-order valence-electron chi connectivity index (χ2n) is 8.16. The molecule has 3 rings (SSSR count). The van der Waals surface area contributed by atoms with Crippen molar-refractivity contribution in [2.24, 2.45) is 0 Å². The third-order valence-electron chi connectivity index (χ3n) is 5.39. The molecule has 12 heteroatoms. The van der Waals surface area contributed by atoms with Gasteiger partial charge in [-0.1, -0.05) is 31.5 Å². The predicted molar refractivity (Wildman–Crippen MR) is 127 cm³/mol. The number of rotatable bonds is 8. The van der Waals surface area contributed by atoms with E-state index in [-0.39, 0.29) is 23.7 Å². The summed E-state index contributed by atoms with van der Waals surface area (Å²) in [5.74, 6) is -0.835. The van der Waals surface area contributed by atoms with Crippen LogP contribution in [0.25, 0.3) is 5.69 Å². The van der Waals surface area contributed by atoms with Crippen LogP contribution in [-0.2, 0) is 29.1 Å². The van der Waals surface area contributed by atoms with Gasteiger partial charge >= 0.3 is 11.9 Å². The standard InChI is InChI=1S/C24H24F3N3O5S/c1-3-4-12-29-15-20(21(31)28-14-16-8-10-19(11-9-16)36(2,34)35)22(32)30(23(29)33)18-7-5-6-17(13-18)24(25,26)27/h5-11,13,15H,3-4,12,14H2,1-2H3,(H,28,31). The van der Waals surface area contributed by atoms with Crippen molar-refractivity contribution in [2.45, 2.75) is 43.9 Å². The summed E-state index contributed by atoms with van der Waals surface area (Å²) < 4.78 is 64.5. The van der Waals surface area contributed by atoms with Crippen LogP contribution in [0.5, 0.6) is 0 Å². The summed E-state index contributed by atoms with van der Waals surface area (Å²) in [6, 6.07) is 9.51. The van der Waals surface area contributed by atoms with Crippen molar-refractivity contribution < 1.29 is 26.4 Å². The molecule has 0 spiro atoms. The molecule has 1 heterocycles. The SMILES string of the molecule is CCCCn1cc(C(=O)NCc2ccc(S(C)(=O)=O)cc2)c(=O)n(-c2cccc(C(F)(F)F)c2)c1=O. The van der Waals surface area contributed by atoms with E-state index in [0.29, 0.717) is 29.0 Å². The Morgan fingerprint density at radius 3 is 2.31 bits per heavy atom. The van der Waals surface area contributed by atoms with Crippen molar-refractivity contribution in [3.8, 4) is 5.69 Å². The Labute approximate surface area is 204 Å². The zero-order valence-electron chi connectivity index (χ0n) is 19.5. The van der Waals surface area contributed by atoms with Crippen LogP contribution in [0, 0.1) is 0 Å². The maximum absolute atomic E-state index is 13.2. The lowest BCUT2D eigenvalue weighted by atomic mass is 10.2. The zero-order valence-corrected chi connectivity index (χ0v) is 20.3. The fourth-order valence-electron chi connectivity index (χ4n) is 3.43. The number of benzene rings is 2. The monoisotopic (exact) mass is 523 g/mol. The summed E-state index contributed by atoms with van der Waals surface area (Å²) in [6.07, 6.45) is -1.30. The van der Waals surface area contributed by atoms with Gasteiger partial charge in [-0.3, -0.25) is 14.2 Å². The minimum absolute atomic E-state index is 0.0556. The molecule has 36 heavy (non-hydrogen) atoms. The van der Waals surface area contributed by atoms with Crippen LogP contribution in [-0.4, -0.2) is 29.7 Å². The van der Waals surface area contributed by atoms with E-state index in [1.165, 1.54) is 30.3 Å². The minimum atomic E-state index is -4.69. The van der Waals surface area contributed by atoms with Crippen LogP contribution in [0.2, 0.25) is 0 Å². The molecule has 2 aromatic carbocycles. The molecule has 0 saturated carbocycles. The molecule has 1 aromatic heterocycles. The van der Waals surface area contributed by atoms with Crippen LogP contribution in [0.3, 0.4) is 0 Å². The molecule has 0 fully saturated rings. The Kier molecular flexibility index (Phi) is 7.87. The van der Waals surface area contributed by atoms with Gasteiger partial charge in [0.1, 0.15) is 5.56 Å². The van der Waals surface area contributed by atoms with Crippen LogP contribution in [0.4, 0.5) is 13.2 Å². The number of carbonyl (C=O) groups is 1. The van der Waals surface area contributed by atoms with E-state index >= 15 is 0 Å². The number of hydrogen-bond acceptors (Lipinski definition) is 5. The smallest absolute Gasteiger partial charge is 0.348 e. The van der Waals surface area contributed by atoms with Gasteiger partial charge in [0, 0.05) is 25.5 Å². The minimum Gasteiger partial charge on any atom is -0.348 e. The first-order valence-electron chi connectivity index (χ1n) is 10.9. The van der Waals surface area contributed by atoms with Crippen molar-refractivity contribution in [1.29, 1.82) is 0 Å². The van der Waals surface area contributed by atoms with E-state index < -0.39 is 44.3 Å². The molecule has 0 atom stereocenters. The third-order valence-corrected chi connectivity index (χ3v) is 6.52. The molecule has 0 saturated heterocycles. The van der Waals surface area contributed by atoms with Gasteiger partial charge < -0.3 is 5.32 Å². The molecule has 0 aliphatic rings. The Bertz CT molecular complexity index is 1490. The van der Waals surface area contributed by atoms with E-state index in [1.807, 2.05) is 6.92 Å². The highest BCUT2D eigenvalue weighted by Crippen LogP contribution is 2.29. The number of sulfone groups is 1. The highest BCUT2D eigenvalue weighted by molar-refractivity contribution is 7.90. The number of halogens is 3. The van der Waals surface area contributed by atoms with Gasteiger partial charge in [-0.05, 0) is 42.3 Å². The summed E-state index contributed by atoms with van der Waals surface area (Å²) in [5, 5.41) is 2.53. The number of nitrogens with zero attached hydrogens (tertiary/aromatic N) is 2. The van der Waals surface area contributed by atoms with E-state index in [4.69, 9.17) is 0 Å². The Morgan fingerprint density at radius 1 is 1.06 bits per heavy atom. The predicted octanol–water partition coefficient (Wildman–Crippen LogP) is 3.15. The summed E-state index contributed by atoms with van der Waals surface area (Å²) >= 11 is 0. The molecule has 0 aliphatic carbocycles. The molecule has 0 radical (unpaired) electrons. The van der Waals surface area contributed by atoms with Gasteiger partial charge in [0.05, 0.1) is 16.1 Å². The molecular formula is C24H24F3N3O5S. The van der Waals surface area contributed by atoms with Gasteiger partial charge in [0.15, 0.2) is 9.84 Å². The number of carbonyl (C=O) groups excluding carboxylic acids is 1. The number of alkyl halides is 3. The van der Waals surface area contributed by atoms with Gasteiger partial charge in [0.25, 0.3) is 11.5 Å². The van der Waals surface area contributed by atoms with Crippen molar-refractivity contribution >= 4 is 15.7 Å². The molecule has 3 aromatic rings. The fraction of sp³-hybridized carbons (Fsp3) is 0.292. The van der Waals surface area contributed by atoms with Crippen molar-refractivity contribution in [3.63, 3.8) is 0 Å². The van der Waals surface area contributed by atoms with Gasteiger partial charge in [0.2, 0.25) is 0 Å². The fourth-order valence-corrected chi connectivity index (χ4v) is 4.06. The van der Waals surface area contributed by atoms with Crippen LogP contribution < -0.4 is 16.6 Å². The summed E-state index contributed by atoms with van der Waals surface area (Å²) in [5.41, 5.74) is -3.14. The lowest BCUT2D eigenvalue weighted by molar-refractivity contribution is -0.137. The van der Waals surface area contributed by atoms with Crippen LogP contribution in [0.15, 0.2) is 69.2 Å². The first-order chi connectivity index (χ1) is 16.8. The van der Waals surface area contributed by atoms with Crippen molar-refractivity contribution in [1.82, 2.24) is 14.5 Å². The Balaban J connectivity index is 2.01. The quantitative estimate of drug-likeness (QED) is 0.488. The zero-order chi connectivity index (χ0) is 26.7. The van der Waals surface area contributed by atoms with Gasteiger partial charge in [-0.25, -0.2) is 17.8 Å². The van der Waals surface area contributed by atoms with E-state index in [9.17, 15) is 36.0 Å². The molecule has 1 amide bonds. The first kappa shape index (κ1) is 26.9. The summed E-state index contributed by atoms with van der Waals surface area (Å²) in [4.78, 5) is 39.1. The Morgan fingerprint density at radius 2 is 1.72 bits per heavy atom. The highest BCUT2D eigenvalue weighted by Gasteiger charge is 2.31. The molecule has 0 unspecified atom stereocenters. The van der Waals surface area contributed by atoms with E-state index in [0.717, 1.165) is 29.2 Å². The topological polar surface area (TPSA) is 107 Å². The Hall–Kier alpha value is -3.67. The number of nitrogens with one attached hydrogen (secondary N) is 1. The summed E-state index contributed by atoms with van der Waals surface area (Å²) in [6.45, 7) is 1.97. The molecule has 0 bridgehead atoms. The molecule has 192 valence electrons. The van der Waals surface area contributed by atoms with Crippen molar-refractivity contribution in [3.05, 3.63) is 92.3 Å². The second kappa shape index (κ2) is 10.5. The van der Waals surface area contributed by atoms with Crippen LogP contribution >= 0.6 is 0 Å². The van der Waals surface area contributed by atoms with E-state index in [1.54, 1.807) is 0 Å². The molecular weight excluding hydrogens is 499 g/mol. The summed E-state index contributed by atoms with van der Waals surface area (Å²) in [7, 11) is -3.39. The number of hydrogen-bond donors (Lipinski definition) is 1. The number of aryl methyl sites for hydroxylation is 1. The lowest BCUT2D eigenvalue weighted by Crippen LogP contribution is -2.43. The van der Waals surface area contributed by atoms with E-state index in [2.05, 4.69) is 5.32 Å². The van der Waals surface area contributed by atoms with Gasteiger partial charge in [-0.15, -0.1) is 0 Å². The van der Waals surface area contributed by atoms with Crippen LogP contribution in [0.1, 0.15) is 41.3 Å². The number of aromatic nitrogens is 2. The largest absolute Gasteiger partial charge is 0.416 e. The van der Waals surface area contributed by atoms with Gasteiger partial charge in [-0.2, -0.15) is 13.2 Å². The number of unbranched alkanes of at least 4 members (excludes halogenated alkanes) is 1. The normalized spacial score (nSPS) is 11.9. The highest BCUT2D eigenvalue weighted by atomic mass is 32.2. The maximum atomic E-state index is 13.2.